The summed E-state index contributed by atoms with van der Waals surface area (Å²) in [6, 6.07) is 11.6. The number of hydrogen-bond donors (Lipinski definition) is 0. The quantitative estimate of drug-likeness (QED) is 0.419. The van der Waals surface area contributed by atoms with Crippen LogP contribution in [0.25, 0.3) is 0 Å². The van der Waals surface area contributed by atoms with Crippen LogP contribution in [0, 0.1) is 32.6 Å². The number of hydrogen-bond acceptors (Lipinski definition) is 6. The minimum atomic E-state index is -3.25. The Morgan fingerprint density at radius 1 is 0.953 bits per heavy atom. The van der Waals surface area contributed by atoms with Gasteiger partial charge in [-0.15, -0.1) is 0 Å². The molecule has 234 valence electrons. The van der Waals surface area contributed by atoms with E-state index in [1.807, 2.05) is 56.0 Å². The fourth-order valence-corrected chi connectivity index (χ4v) is 7.81. The molecule has 0 bridgehead atoms. The summed E-state index contributed by atoms with van der Waals surface area (Å²) in [6.07, 6.45) is 2.15. The van der Waals surface area contributed by atoms with Crippen molar-refractivity contribution in [3.8, 4) is 0 Å². The molecule has 5 rings (SSSR count). The minimum Gasteiger partial charge on any atom is -0.446 e. The fourth-order valence-electron chi connectivity index (χ4n) is 6.76. The van der Waals surface area contributed by atoms with Gasteiger partial charge >= 0.3 is 6.09 Å². The van der Waals surface area contributed by atoms with Crippen molar-refractivity contribution in [2.24, 2.45) is 11.8 Å². The summed E-state index contributed by atoms with van der Waals surface area (Å²) in [7, 11) is -3.25. The highest BCUT2D eigenvalue weighted by Gasteiger charge is 2.42. The summed E-state index contributed by atoms with van der Waals surface area (Å²) in [6.45, 7) is 11.4. The van der Waals surface area contributed by atoms with Gasteiger partial charge in [0, 0.05) is 62.1 Å². The molecule has 2 amide bonds. The Morgan fingerprint density at radius 2 is 1.58 bits per heavy atom. The second-order valence-electron chi connectivity index (χ2n) is 12.4. The van der Waals surface area contributed by atoms with Crippen LogP contribution in [-0.4, -0.2) is 99.2 Å². The molecule has 3 fully saturated rings. The first kappa shape index (κ1) is 31.8. The van der Waals surface area contributed by atoms with E-state index in [9.17, 15) is 18.0 Å². The Morgan fingerprint density at radius 3 is 2.16 bits per heavy atom. The lowest BCUT2D eigenvalue weighted by atomic mass is 10.0. The van der Waals surface area contributed by atoms with Crippen LogP contribution in [0.3, 0.4) is 0 Å². The first-order chi connectivity index (χ1) is 20.4. The van der Waals surface area contributed by atoms with Gasteiger partial charge in [-0.05, 0) is 87.2 Å². The molecule has 2 aromatic rings. The smallest absolute Gasteiger partial charge is 0.414 e. The number of carbonyl (C=O) groups is 2. The average molecular weight is 631 g/mol. The number of rotatable bonds is 8. The second-order valence-corrected chi connectivity index (χ2v) is 14.8. The number of halogens is 1. The molecule has 0 aromatic heterocycles. The van der Waals surface area contributed by atoms with E-state index in [4.69, 9.17) is 16.3 Å². The van der Waals surface area contributed by atoms with E-state index in [0.717, 1.165) is 61.4 Å². The van der Waals surface area contributed by atoms with Crippen LogP contribution in [-0.2, 0) is 14.8 Å². The Hall–Kier alpha value is -2.66. The molecule has 3 aliphatic rings. The molecule has 3 aliphatic heterocycles. The standard InChI is InChI=1S/C32H43ClN4O5S/c1-22-9-10-27(17-29(22)33)37(32(39)42-28-11-15-36(16-12-28)43(4,40)41)14-6-13-34-18-25-20-35(21-26(25)19-34)31(38)30-23(2)7-5-8-24(30)3/h5,7-10,17,25-26,28H,6,11-16,18-21H2,1-4H3. The maximum Gasteiger partial charge on any atom is 0.414 e. The van der Waals surface area contributed by atoms with Crippen molar-refractivity contribution in [3.05, 3.63) is 63.7 Å². The van der Waals surface area contributed by atoms with Gasteiger partial charge in [-0.2, -0.15) is 0 Å². The lowest BCUT2D eigenvalue weighted by Crippen LogP contribution is -2.43. The number of piperidine rings is 1. The van der Waals surface area contributed by atoms with Crippen molar-refractivity contribution in [1.29, 1.82) is 0 Å². The van der Waals surface area contributed by atoms with Crippen molar-refractivity contribution >= 4 is 39.3 Å². The summed E-state index contributed by atoms with van der Waals surface area (Å²) in [5.74, 6) is 1.07. The Bertz CT molecular complexity index is 1430. The molecular formula is C32H43ClN4O5S. The van der Waals surface area contributed by atoms with E-state index in [1.54, 1.807) is 11.0 Å². The molecule has 3 heterocycles. The number of ether oxygens (including phenoxy) is 1. The van der Waals surface area contributed by atoms with E-state index in [1.165, 1.54) is 10.6 Å². The average Bonchev–Trinajstić information content (AvgIpc) is 3.51. The van der Waals surface area contributed by atoms with Crippen LogP contribution in [0.2, 0.25) is 5.02 Å². The number of fused-ring (bicyclic) bond motifs is 1. The molecular weight excluding hydrogens is 588 g/mol. The number of anilines is 1. The molecule has 0 saturated carbocycles. The lowest BCUT2D eigenvalue weighted by Gasteiger charge is -2.32. The molecule has 0 aliphatic carbocycles. The third kappa shape index (κ3) is 7.36. The van der Waals surface area contributed by atoms with Gasteiger partial charge in [-0.3, -0.25) is 9.69 Å². The molecule has 2 aromatic carbocycles. The van der Waals surface area contributed by atoms with Crippen molar-refractivity contribution in [2.75, 3.05) is 63.5 Å². The highest BCUT2D eigenvalue weighted by Crippen LogP contribution is 2.33. The van der Waals surface area contributed by atoms with Crippen LogP contribution < -0.4 is 4.90 Å². The zero-order valence-corrected chi connectivity index (χ0v) is 27.2. The number of amides is 2. The zero-order valence-electron chi connectivity index (χ0n) is 25.6. The molecule has 0 radical (unpaired) electrons. The SMILES string of the molecule is Cc1ccc(N(CCCN2CC3CN(C(=O)c4c(C)cccc4C)CC3C2)C(=O)OC2CCN(S(C)(=O)=O)CC2)cc1Cl. The maximum absolute atomic E-state index is 13.4. The molecule has 0 N–H and O–H groups in total. The number of aryl methyl sites for hydroxylation is 3. The van der Waals surface area contributed by atoms with Gasteiger partial charge < -0.3 is 14.5 Å². The second kappa shape index (κ2) is 13.1. The summed E-state index contributed by atoms with van der Waals surface area (Å²) in [4.78, 5) is 32.9. The Labute approximate surface area is 260 Å². The summed E-state index contributed by atoms with van der Waals surface area (Å²) in [5.41, 5.74) is 4.51. The summed E-state index contributed by atoms with van der Waals surface area (Å²) >= 11 is 6.42. The maximum atomic E-state index is 13.4. The Kier molecular flexibility index (Phi) is 9.70. The van der Waals surface area contributed by atoms with Gasteiger partial charge in [0.1, 0.15) is 6.10 Å². The van der Waals surface area contributed by atoms with Crippen molar-refractivity contribution in [1.82, 2.24) is 14.1 Å². The highest BCUT2D eigenvalue weighted by atomic mass is 35.5. The van der Waals surface area contributed by atoms with Crippen molar-refractivity contribution in [3.63, 3.8) is 0 Å². The summed E-state index contributed by atoms with van der Waals surface area (Å²) in [5, 5.41) is 0.587. The van der Waals surface area contributed by atoms with Crippen molar-refractivity contribution in [2.45, 2.75) is 46.1 Å². The van der Waals surface area contributed by atoms with Crippen LogP contribution in [0.5, 0.6) is 0 Å². The number of nitrogens with zero attached hydrogens (tertiary/aromatic N) is 4. The molecule has 9 nitrogen and oxygen atoms in total. The van der Waals surface area contributed by atoms with E-state index < -0.39 is 16.1 Å². The first-order valence-electron chi connectivity index (χ1n) is 15.2. The fraction of sp³-hybridized carbons (Fsp3) is 0.562. The van der Waals surface area contributed by atoms with Crippen LogP contribution in [0.4, 0.5) is 10.5 Å². The molecule has 43 heavy (non-hydrogen) atoms. The molecule has 3 saturated heterocycles. The number of carbonyl (C=O) groups excluding carboxylic acids is 2. The van der Waals surface area contributed by atoms with Crippen LogP contribution >= 0.6 is 11.6 Å². The molecule has 11 heteroatoms. The third-order valence-electron chi connectivity index (χ3n) is 9.23. The predicted octanol–water partition coefficient (Wildman–Crippen LogP) is 4.73. The van der Waals surface area contributed by atoms with Gasteiger partial charge in [0.15, 0.2) is 0 Å². The molecule has 2 atom stereocenters. The van der Waals surface area contributed by atoms with Gasteiger partial charge in [-0.25, -0.2) is 17.5 Å². The minimum absolute atomic E-state index is 0.143. The zero-order chi connectivity index (χ0) is 30.9. The number of sulfonamides is 1. The first-order valence-corrected chi connectivity index (χ1v) is 17.4. The Balaban J connectivity index is 1.15. The number of benzene rings is 2. The number of likely N-dealkylation sites (tertiary alicyclic amines) is 2. The molecule has 0 spiro atoms. The lowest BCUT2D eigenvalue weighted by molar-refractivity contribution is 0.0722. The van der Waals surface area contributed by atoms with Gasteiger partial charge in [0.25, 0.3) is 5.91 Å². The monoisotopic (exact) mass is 630 g/mol. The third-order valence-corrected chi connectivity index (χ3v) is 10.9. The van der Waals surface area contributed by atoms with Gasteiger partial charge in [0.05, 0.1) is 6.26 Å². The van der Waals surface area contributed by atoms with E-state index >= 15 is 0 Å². The van der Waals surface area contributed by atoms with E-state index in [-0.39, 0.29) is 12.0 Å². The topological polar surface area (TPSA) is 90.5 Å². The van der Waals surface area contributed by atoms with E-state index in [2.05, 4.69) is 4.90 Å². The van der Waals surface area contributed by atoms with Crippen LogP contribution in [0.1, 0.15) is 46.3 Å². The van der Waals surface area contributed by atoms with Crippen molar-refractivity contribution < 1.29 is 22.7 Å². The van der Waals surface area contributed by atoms with Crippen LogP contribution in [0.15, 0.2) is 36.4 Å². The predicted molar refractivity (Wildman–Crippen MR) is 169 cm³/mol. The summed E-state index contributed by atoms with van der Waals surface area (Å²) < 4.78 is 31.0. The largest absolute Gasteiger partial charge is 0.446 e. The van der Waals surface area contributed by atoms with Gasteiger partial charge in [-0.1, -0.05) is 35.9 Å². The normalized spacial score (nSPS) is 21.7. The molecule has 2 unspecified atom stereocenters. The van der Waals surface area contributed by atoms with E-state index in [0.29, 0.717) is 55.0 Å². The van der Waals surface area contributed by atoms with Gasteiger partial charge in [0.2, 0.25) is 10.0 Å². The highest BCUT2D eigenvalue weighted by molar-refractivity contribution is 7.88.